The van der Waals surface area contributed by atoms with Gasteiger partial charge >= 0.3 is 0 Å². The van der Waals surface area contributed by atoms with E-state index < -0.39 is 6.10 Å². The molecule has 0 aromatic heterocycles. The van der Waals surface area contributed by atoms with Crippen LogP contribution in [0.3, 0.4) is 0 Å². The predicted octanol–water partition coefficient (Wildman–Crippen LogP) is 3.66. The first-order chi connectivity index (χ1) is 17.1. The van der Waals surface area contributed by atoms with Crippen LogP contribution in [0, 0.1) is 0 Å². The Bertz CT molecular complexity index is 1190. The molecule has 5 rings (SSSR count). The van der Waals surface area contributed by atoms with E-state index in [9.17, 15) is 9.59 Å². The number of para-hydroxylation sites is 3. The second kappa shape index (κ2) is 10.2. The van der Waals surface area contributed by atoms with Crippen molar-refractivity contribution < 1.29 is 19.1 Å². The Balaban J connectivity index is 1.17. The molecule has 0 spiro atoms. The minimum atomic E-state index is -0.647. The van der Waals surface area contributed by atoms with Crippen molar-refractivity contribution in [3.05, 3.63) is 78.9 Å². The van der Waals surface area contributed by atoms with Crippen molar-refractivity contribution in [1.82, 2.24) is 9.80 Å². The number of benzene rings is 3. The molecule has 0 unspecified atom stereocenters. The number of anilines is 1. The van der Waals surface area contributed by atoms with Crippen LogP contribution >= 0.6 is 0 Å². The fourth-order valence-electron chi connectivity index (χ4n) is 4.54. The molecule has 2 amide bonds. The van der Waals surface area contributed by atoms with Crippen LogP contribution in [0.2, 0.25) is 0 Å². The van der Waals surface area contributed by atoms with Gasteiger partial charge < -0.3 is 19.7 Å². The first kappa shape index (κ1) is 22.9. The zero-order chi connectivity index (χ0) is 24.2. The number of carbonyl (C=O) groups excluding carboxylic acids is 2. The minimum absolute atomic E-state index is 0.0613. The summed E-state index contributed by atoms with van der Waals surface area (Å²) < 4.78 is 11.6. The normalized spacial score (nSPS) is 18.5. The summed E-state index contributed by atoms with van der Waals surface area (Å²) in [7, 11) is 0. The number of nitrogens with one attached hydrogen (secondary N) is 1. The summed E-state index contributed by atoms with van der Waals surface area (Å²) in [5.41, 5.74) is 2.83. The number of rotatable bonds is 5. The van der Waals surface area contributed by atoms with E-state index in [0.29, 0.717) is 37.7 Å². The van der Waals surface area contributed by atoms with Crippen molar-refractivity contribution in [3.63, 3.8) is 0 Å². The highest BCUT2D eigenvalue weighted by Crippen LogP contribution is 2.31. The van der Waals surface area contributed by atoms with Gasteiger partial charge in [-0.15, -0.1) is 0 Å². The molecule has 0 bridgehead atoms. The molecule has 7 nitrogen and oxygen atoms in total. The lowest BCUT2D eigenvalue weighted by atomic mass is 10.0. The quantitative estimate of drug-likeness (QED) is 0.615. The number of carbonyl (C=O) groups is 2. The van der Waals surface area contributed by atoms with E-state index in [0.717, 1.165) is 16.8 Å². The molecular formula is C28H29N3O4. The zero-order valence-electron chi connectivity index (χ0n) is 19.7. The summed E-state index contributed by atoms with van der Waals surface area (Å²) in [4.78, 5) is 30.0. The number of piperazine rings is 1. The van der Waals surface area contributed by atoms with Crippen LogP contribution < -0.4 is 14.8 Å². The molecule has 2 aliphatic rings. The number of hydrogen-bond acceptors (Lipinski definition) is 5. The number of hydrogen-bond donors (Lipinski definition) is 1. The second-order valence-electron chi connectivity index (χ2n) is 8.80. The average Bonchev–Trinajstić information content (AvgIpc) is 2.93. The largest absolute Gasteiger partial charge is 0.485 e. The van der Waals surface area contributed by atoms with E-state index in [2.05, 4.69) is 10.2 Å². The Morgan fingerprint density at radius 3 is 2.29 bits per heavy atom. The Morgan fingerprint density at radius 1 is 0.857 bits per heavy atom. The Kier molecular flexibility index (Phi) is 6.68. The lowest BCUT2D eigenvalue weighted by molar-refractivity contribution is -0.143. The molecule has 2 heterocycles. The van der Waals surface area contributed by atoms with Crippen molar-refractivity contribution in [3.8, 4) is 22.6 Å². The topological polar surface area (TPSA) is 71.1 Å². The standard InChI is InChI=1S/C28H29N3O4/c1-20(27(32)29-23-12-6-5-11-22(23)21-9-3-2-4-10-21)30-15-17-31(18-16-30)28(33)26-19-34-24-13-7-8-14-25(24)35-26/h2-14,20,26H,15-19H2,1H3,(H,29,32)/t20-,26+/m1/s1. The van der Waals surface area contributed by atoms with Crippen LogP contribution in [-0.4, -0.2) is 66.5 Å². The summed E-state index contributed by atoms with van der Waals surface area (Å²) in [6.45, 7) is 4.43. The molecule has 3 aromatic carbocycles. The summed E-state index contributed by atoms with van der Waals surface area (Å²) in [5, 5.41) is 3.10. The van der Waals surface area contributed by atoms with Crippen LogP contribution in [0.15, 0.2) is 78.9 Å². The van der Waals surface area contributed by atoms with Gasteiger partial charge in [0.25, 0.3) is 5.91 Å². The van der Waals surface area contributed by atoms with Crippen LogP contribution in [0.4, 0.5) is 5.69 Å². The Hall–Kier alpha value is -3.84. The van der Waals surface area contributed by atoms with Gasteiger partial charge in [-0.1, -0.05) is 60.7 Å². The predicted molar refractivity (Wildman–Crippen MR) is 134 cm³/mol. The van der Waals surface area contributed by atoms with Crippen molar-refractivity contribution in [2.75, 3.05) is 38.1 Å². The number of ether oxygens (including phenoxy) is 2. The molecule has 0 saturated carbocycles. The van der Waals surface area contributed by atoms with Crippen LogP contribution in [0.1, 0.15) is 6.92 Å². The highest BCUT2D eigenvalue weighted by molar-refractivity contribution is 5.98. The van der Waals surface area contributed by atoms with Gasteiger partial charge in [0.1, 0.15) is 6.61 Å². The van der Waals surface area contributed by atoms with Gasteiger partial charge in [-0.2, -0.15) is 0 Å². The van der Waals surface area contributed by atoms with Gasteiger partial charge in [-0.05, 0) is 30.7 Å². The number of amides is 2. The van der Waals surface area contributed by atoms with Crippen LogP contribution in [0.25, 0.3) is 11.1 Å². The van der Waals surface area contributed by atoms with Gasteiger partial charge in [0.2, 0.25) is 12.0 Å². The smallest absolute Gasteiger partial charge is 0.267 e. The van der Waals surface area contributed by atoms with Gasteiger partial charge in [0, 0.05) is 37.4 Å². The monoisotopic (exact) mass is 471 g/mol. The van der Waals surface area contributed by atoms with Gasteiger partial charge in [-0.3, -0.25) is 14.5 Å². The van der Waals surface area contributed by atoms with Gasteiger partial charge in [-0.25, -0.2) is 0 Å². The fourth-order valence-corrected chi connectivity index (χ4v) is 4.54. The molecule has 2 atom stereocenters. The fraction of sp³-hybridized carbons (Fsp3) is 0.286. The minimum Gasteiger partial charge on any atom is -0.485 e. The molecule has 0 aliphatic carbocycles. The molecule has 3 aromatic rings. The third kappa shape index (κ3) is 5.00. The Labute approximate surface area is 205 Å². The molecule has 1 fully saturated rings. The highest BCUT2D eigenvalue weighted by atomic mass is 16.6. The van der Waals surface area contributed by atoms with Gasteiger partial charge in [0.05, 0.1) is 6.04 Å². The van der Waals surface area contributed by atoms with E-state index in [1.54, 1.807) is 4.90 Å². The molecule has 180 valence electrons. The molecule has 35 heavy (non-hydrogen) atoms. The van der Waals surface area contributed by atoms with Crippen molar-refractivity contribution in [2.24, 2.45) is 0 Å². The third-order valence-electron chi connectivity index (χ3n) is 6.61. The molecule has 1 saturated heterocycles. The second-order valence-corrected chi connectivity index (χ2v) is 8.80. The molecule has 1 N–H and O–H groups in total. The van der Waals surface area contributed by atoms with Crippen LogP contribution in [0.5, 0.6) is 11.5 Å². The van der Waals surface area contributed by atoms with E-state index >= 15 is 0 Å². The maximum absolute atomic E-state index is 13.1. The Morgan fingerprint density at radius 2 is 1.51 bits per heavy atom. The summed E-state index contributed by atoms with van der Waals surface area (Å²) in [6, 6.07) is 24.9. The first-order valence-corrected chi connectivity index (χ1v) is 12.0. The third-order valence-corrected chi connectivity index (χ3v) is 6.61. The maximum Gasteiger partial charge on any atom is 0.267 e. The molecule has 2 aliphatic heterocycles. The van der Waals surface area contributed by atoms with Crippen LogP contribution in [-0.2, 0) is 9.59 Å². The van der Waals surface area contributed by atoms with Crippen molar-refractivity contribution in [1.29, 1.82) is 0 Å². The highest BCUT2D eigenvalue weighted by Gasteiger charge is 2.34. The molecular weight excluding hydrogens is 442 g/mol. The van der Waals surface area contributed by atoms with E-state index in [1.807, 2.05) is 85.8 Å². The summed E-state index contributed by atoms with van der Waals surface area (Å²) in [6.07, 6.45) is -0.647. The lowest BCUT2D eigenvalue weighted by Crippen LogP contribution is -2.57. The SMILES string of the molecule is C[C@H](C(=O)Nc1ccccc1-c1ccccc1)N1CCN(C(=O)[C@@H]2COc3ccccc3O2)CC1. The zero-order valence-corrected chi connectivity index (χ0v) is 19.7. The summed E-state index contributed by atoms with van der Waals surface area (Å²) in [5.74, 6) is 1.12. The van der Waals surface area contributed by atoms with Crippen molar-refractivity contribution in [2.45, 2.75) is 19.1 Å². The lowest BCUT2D eigenvalue weighted by Gasteiger charge is -2.39. The number of fused-ring (bicyclic) bond motifs is 1. The number of nitrogens with zero attached hydrogens (tertiary/aromatic N) is 2. The van der Waals surface area contributed by atoms with E-state index in [4.69, 9.17) is 9.47 Å². The van der Waals surface area contributed by atoms with Crippen molar-refractivity contribution >= 4 is 17.5 Å². The average molecular weight is 472 g/mol. The van der Waals surface area contributed by atoms with E-state index in [1.165, 1.54) is 0 Å². The van der Waals surface area contributed by atoms with Gasteiger partial charge in [0.15, 0.2) is 11.5 Å². The first-order valence-electron chi connectivity index (χ1n) is 12.0. The molecule has 0 radical (unpaired) electrons. The summed E-state index contributed by atoms with van der Waals surface area (Å²) >= 11 is 0. The maximum atomic E-state index is 13.1. The molecule has 7 heteroatoms. The van der Waals surface area contributed by atoms with E-state index in [-0.39, 0.29) is 24.5 Å².